The van der Waals surface area contributed by atoms with Gasteiger partial charge in [0.05, 0.1) is 5.69 Å². The molecule has 2 rings (SSSR count). The lowest BCUT2D eigenvalue weighted by molar-refractivity contribution is -0.116. The molecule has 2 heterocycles. The molecule has 2 aromatic heterocycles. The number of aromatic nitrogens is 2. The van der Waals surface area contributed by atoms with Crippen LogP contribution < -0.4 is 10.9 Å². The van der Waals surface area contributed by atoms with Crippen molar-refractivity contribution in [1.29, 1.82) is 0 Å². The van der Waals surface area contributed by atoms with E-state index < -0.39 is 11.9 Å². The van der Waals surface area contributed by atoms with Crippen LogP contribution in [-0.4, -0.2) is 28.0 Å². The highest BCUT2D eigenvalue weighted by Gasteiger charge is 2.17. The number of anilines is 1. The number of halogens is 1. The Kier molecular flexibility index (Phi) is 6.04. The summed E-state index contributed by atoms with van der Waals surface area (Å²) >= 11 is 4.26. The summed E-state index contributed by atoms with van der Waals surface area (Å²) in [4.78, 5) is 40.0. The summed E-state index contributed by atoms with van der Waals surface area (Å²) in [6.07, 6.45) is 2.99. The van der Waals surface area contributed by atoms with E-state index >= 15 is 0 Å². The molecule has 0 spiro atoms. The maximum absolute atomic E-state index is 12.1. The summed E-state index contributed by atoms with van der Waals surface area (Å²) in [5, 5.41) is 2.84. The van der Waals surface area contributed by atoms with Crippen LogP contribution in [0.25, 0.3) is 0 Å². The molecule has 0 aliphatic rings. The van der Waals surface area contributed by atoms with Crippen LogP contribution in [0, 0.1) is 6.92 Å². The minimum absolute atomic E-state index is 0.101. The maximum Gasteiger partial charge on any atom is 0.350 e. The molecule has 0 bridgehead atoms. The van der Waals surface area contributed by atoms with Gasteiger partial charge in [0.15, 0.2) is 5.13 Å². The lowest BCUT2D eigenvalue weighted by Crippen LogP contribution is -2.26. The van der Waals surface area contributed by atoms with E-state index in [1.807, 2.05) is 0 Å². The number of aryl methyl sites for hydroxylation is 1. The lowest BCUT2D eigenvalue weighted by Gasteiger charge is -2.05. The van der Waals surface area contributed by atoms with Crippen LogP contribution in [0.3, 0.4) is 0 Å². The maximum atomic E-state index is 12.1. The van der Waals surface area contributed by atoms with Gasteiger partial charge >= 0.3 is 5.97 Å². The lowest BCUT2D eigenvalue weighted by atomic mass is 10.4. The number of nitrogens with one attached hydrogen (secondary N) is 1. The van der Waals surface area contributed by atoms with Crippen LogP contribution >= 0.6 is 27.3 Å². The number of rotatable bonds is 6. The second kappa shape index (κ2) is 8.02. The van der Waals surface area contributed by atoms with Crippen LogP contribution in [0.4, 0.5) is 5.13 Å². The van der Waals surface area contributed by atoms with Gasteiger partial charge in [0.25, 0.3) is 5.56 Å². The Hall–Kier alpha value is -2.26. The predicted molar refractivity (Wildman–Crippen MR) is 94.4 cm³/mol. The summed E-state index contributed by atoms with van der Waals surface area (Å²) in [5.74, 6) is -0.941. The van der Waals surface area contributed by atoms with Crippen molar-refractivity contribution in [3.05, 3.63) is 56.4 Å². The Morgan fingerprint density at radius 1 is 1.50 bits per heavy atom. The number of hydrogen-bond acceptors (Lipinski definition) is 6. The van der Waals surface area contributed by atoms with E-state index in [4.69, 9.17) is 4.74 Å². The monoisotopic (exact) mass is 411 g/mol. The van der Waals surface area contributed by atoms with Crippen LogP contribution in [0.5, 0.6) is 0 Å². The molecule has 1 amide bonds. The number of carbonyl (C=O) groups is 2. The second-order valence-electron chi connectivity index (χ2n) is 4.68. The van der Waals surface area contributed by atoms with Crippen molar-refractivity contribution in [3.63, 3.8) is 0 Å². The number of amides is 1. The van der Waals surface area contributed by atoms with Gasteiger partial charge < -0.3 is 14.6 Å². The van der Waals surface area contributed by atoms with Gasteiger partial charge in [-0.2, -0.15) is 0 Å². The standard InChI is InChI=1S/C15H14BrN3O4S/c1-3-6-23-14(22)13-9(2)17-15(24-13)18-11(20)8-19-7-10(16)4-5-12(19)21/h3-5,7H,1,6,8H2,2H3,(H,17,18,20). The van der Waals surface area contributed by atoms with Gasteiger partial charge in [-0.3, -0.25) is 9.59 Å². The van der Waals surface area contributed by atoms with E-state index in [0.717, 1.165) is 11.3 Å². The van der Waals surface area contributed by atoms with Crippen molar-refractivity contribution in [2.75, 3.05) is 11.9 Å². The first-order valence-corrected chi connectivity index (χ1v) is 8.43. The van der Waals surface area contributed by atoms with Gasteiger partial charge in [0.1, 0.15) is 18.0 Å². The zero-order valence-electron chi connectivity index (χ0n) is 12.7. The number of carbonyl (C=O) groups excluding carboxylic acids is 2. The van der Waals surface area contributed by atoms with E-state index in [0.29, 0.717) is 15.0 Å². The molecule has 0 aromatic carbocycles. The Balaban J connectivity index is 2.07. The number of esters is 1. The molecule has 0 radical (unpaired) electrons. The highest BCUT2D eigenvalue weighted by molar-refractivity contribution is 9.10. The summed E-state index contributed by atoms with van der Waals surface area (Å²) in [7, 11) is 0. The van der Waals surface area contributed by atoms with Gasteiger partial charge in [-0.25, -0.2) is 9.78 Å². The first kappa shape index (κ1) is 18.1. The largest absolute Gasteiger partial charge is 0.457 e. The molecule has 0 unspecified atom stereocenters. The molecule has 7 nitrogen and oxygen atoms in total. The Bertz CT molecular complexity index is 843. The Labute approximate surface area is 150 Å². The van der Waals surface area contributed by atoms with Crippen molar-refractivity contribution in [3.8, 4) is 0 Å². The second-order valence-corrected chi connectivity index (χ2v) is 6.60. The van der Waals surface area contributed by atoms with Crippen LogP contribution in [0.1, 0.15) is 15.4 Å². The summed E-state index contributed by atoms with van der Waals surface area (Å²) < 4.78 is 6.90. The van der Waals surface area contributed by atoms with Gasteiger partial charge in [-0.05, 0) is 28.9 Å². The van der Waals surface area contributed by atoms with Crippen molar-refractivity contribution >= 4 is 44.3 Å². The third-order valence-electron chi connectivity index (χ3n) is 2.82. The van der Waals surface area contributed by atoms with E-state index in [-0.39, 0.29) is 23.8 Å². The van der Waals surface area contributed by atoms with Gasteiger partial charge in [0.2, 0.25) is 5.91 Å². The van der Waals surface area contributed by atoms with Crippen molar-refractivity contribution in [2.45, 2.75) is 13.5 Å². The zero-order chi connectivity index (χ0) is 17.7. The van der Waals surface area contributed by atoms with E-state index in [1.165, 1.54) is 22.9 Å². The predicted octanol–water partition coefficient (Wildman–Crippen LogP) is 2.36. The van der Waals surface area contributed by atoms with E-state index in [1.54, 1.807) is 13.0 Å². The summed E-state index contributed by atoms with van der Waals surface area (Å²) in [6.45, 7) is 5.06. The summed E-state index contributed by atoms with van der Waals surface area (Å²) in [6, 6.07) is 2.96. The van der Waals surface area contributed by atoms with Gasteiger partial charge in [-0.15, -0.1) is 0 Å². The fraction of sp³-hybridized carbons (Fsp3) is 0.200. The third kappa shape index (κ3) is 4.62. The minimum Gasteiger partial charge on any atom is -0.457 e. The first-order valence-electron chi connectivity index (χ1n) is 6.82. The molecule has 0 saturated heterocycles. The smallest absolute Gasteiger partial charge is 0.350 e. The molecule has 2 aromatic rings. The SMILES string of the molecule is C=CCOC(=O)c1sc(NC(=O)Cn2cc(Br)ccc2=O)nc1C. The fourth-order valence-corrected chi connectivity index (χ4v) is 3.03. The molecule has 126 valence electrons. The van der Waals surface area contributed by atoms with E-state index in [9.17, 15) is 14.4 Å². The molecular weight excluding hydrogens is 398 g/mol. The molecule has 0 fully saturated rings. The molecule has 0 atom stereocenters. The van der Waals surface area contributed by atoms with Crippen molar-refractivity contribution in [2.24, 2.45) is 0 Å². The summed E-state index contributed by atoms with van der Waals surface area (Å²) in [5.41, 5.74) is 0.168. The first-order chi connectivity index (χ1) is 11.4. The number of thiazole rings is 1. The highest BCUT2D eigenvalue weighted by atomic mass is 79.9. The quantitative estimate of drug-likeness (QED) is 0.581. The van der Waals surface area contributed by atoms with Crippen LogP contribution in [0.2, 0.25) is 0 Å². The molecular formula is C15H14BrN3O4S. The fourth-order valence-electron chi connectivity index (χ4n) is 1.78. The zero-order valence-corrected chi connectivity index (χ0v) is 15.1. The number of nitrogens with zero attached hydrogens (tertiary/aromatic N) is 2. The molecule has 0 saturated carbocycles. The molecule has 0 aliphatic heterocycles. The van der Waals surface area contributed by atoms with Crippen LogP contribution in [-0.2, 0) is 16.1 Å². The Morgan fingerprint density at radius 3 is 2.96 bits per heavy atom. The minimum atomic E-state index is -0.520. The normalized spacial score (nSPS) is 10.2. The highest BCUT2D eigenvalue weighted by Crippen LogP contribution is 2.23. The third-order valence-corrected chi connectivity index (χ3v) is 4.34. The molecule has 9 heteroatoms. The molecule has 24 heavy (non-hydrogen) atoms. The average molecular weight is 412 g/mol. The van der Waals surface area contributed by atoms with Gasteiger partial charge in [-0.1, -0.05) is 24.0 Å². The topological polar surface area (TPSA) is 90.3 Å². The molecule has 1 N–H and O–H groups in total. The number of pyridine rings is 1. The number of ether oxygens (including phenoxy) is 1. The molecule has 0 aliphatic carbocycles. The number of hydrogen-bond donors (Lipinski definition) is 1. The Morgan fingerprint density at radius 2 is 2.25 bits per heavy atom. The van der Waals surface area contributed by atoms with E-state index in [2.05, 4.69) is 32.8 Å². The van der Waals surface area contributed by atoms with Crippen LogP contribution in [0.15, 0.2) is 40.3 Å². The van der Waals surface area contributed by atoms with Crippen molar-refractivity contribution < 1.29 is 14.3 Å². The average Bonchev–Trinajstić information content (AvgIpc) is 2.89. The van der Waals surface area contributed by atoms with Gasteiger partial charge in [0, 0.05) is 16.7 Å². The van der Waals surface area contributed by atoms with Crippen molar-refractivity contribution in [1.82, 2.24) is 9.55 Å².